The van der Waals surface area contributed by atoms with E-state index >= 15 is 0 Å². The predicted octanol–water partition coefficient (Wildman–Crippen LogP) is 9.23. The van der Waals surface area contributed by atoms with E-state index in [1.165, 1.54) is 51.4 Å². The van der Waals surface area contributed by atoms with Crippen molar-refractivity contribution in [3.05, 3.63) is 0 Å². The average molecular weight is 731 g/mol. The van der Waals surface area contributed by atoms with Crippen LogP contribution >= 0.6 is 7.82 Å². The third-order valence-electron chi connectivity index (χ3n) is 9.21. The van der Waals surface area contributed by atoms with E-state index in [1.807, 2.05) is 21.1 Å². The topological polar surface area (TPSA) is 158 Å². The van der Waals surface area contributed by atoms with Crippen LogP contribution in [0.25, 0.3) is 0 Å². The number of unbranched alkanes of at least 4 members (excludes halogenated alkanes) is 12. The van der Waals surface area contributed by atoms with E-state index in [9.17, 15) is 19.0 Å². The Morgan fingerprint density at radius 3 is 1.66 bits per heavy atom. The average Bonchev–Trinajstić information content (AvgIpc) is 3.99. The maximum Gasteiger partial charge on any atom is 0.472 e. The summed E-state index contributed by atoms with van der Waals surface area (Å²) in [6, 6.07) is 0. The summed E-state index contributed by atoms with van der Waals surface area (Å²) >= 11 is 0. The SMILES string of the molecule is CCCCCCCCCCCCCC(=O)OCC(COP(=O)(O)OCC[N+](C)(C)C)OC(=O)CCCCC1(CCCC2(CCCC)N=N2)N=N1. The molecule has 0 aliphatic carbocycles. The van der Waals surface area contributed by atoms with Gasteiger partial charge in [-0.05, 0) is 57.8 Å². The minimum atomic E-state index is -4.40. The number of carbonyl (C=O) groups is 2. The van der Waals surface area contributed by atoms with Gasteiger partial charge in [-0.3, -0.25) is 18.6 Å². The molecule has 0 aromatic carbocycles. The van der Waals surface area contributed by atoms with Crippen LogP contribution < -0.4 is 0 Å². The van der Waals surface area contributed by atoms with Crippen LogP contribution in [0.2, 0.25) is 0 Å². The first-order chi connectivity index (χ1) is 23.8. The summed E-state index contributed by atoms with van der Waals surface area (Å²) in [4.78, 5) is 35.4. The number of ether oxygens (including phenoxy) is 2. The van der Waals surface area contributed by atoms with Crippen molar-refractivity contribution in [2.75, 3.05) is 47.5 Å². The van der Waals surface area contributed by atoms with E-state index < -0.39 is 32.5 Å². The molecule has 0 aromatic rings. The maximum atomic E-state index is 12.8. The Morgan fingerprint density at radius 2 is 1.12 bits per heavy atom. The van der Waals surface area contributed by atoms with Crippen LogP contribution in [-0.4, -0.2) is 86.3 Å². The Bertz CT molecular complexity index is 1070. The molecular formula is C36H69N5O8P+. The molecule has 50 heavy (non-hydrogen) atoms. The number of esters is 2. The van der Waals surface area contributed by atoms with Crippen molar-refractivity contribution in [3.63, 3.8) is 0 Å². The van der Waals surface area contributed by atoms with Crippen LogP contribution in [0.1, 0.15) is 155 Å². The van der Waals surface area contributed by atoms with E-state index in [0.29, 0.717) is 17.4 Å². The van der Waals surface area contributed by atoms with Crippen LogP contribution in [0.5, 0.6) is 0 Å². The monoisotopic (exact) mass is 730 g/mol. The molecule has 0 fully saturated rings. The molecule has 2 unspecified atom stereocenters. The number of carbonyl (C=O) groups excluding carboxylic acids is 2. The molecule has 0 saturated carbocycles. The fourth-order valence-electron chi connectivity index (χ4n) is 5.78. The highest BCUT2D eigenvalue weighted by Gasteiger charge is 2.42. The molecule has 290 valence electrons. The molecule has 0 spiro atoms. The number of quaternary nitrogens is 1. The van der Waals surface area contributed by atoms with Gasteiger partial charge < -0.3 is 18.9 Å². The first-order valence-electron chi connectivity index (χ1n) is 19.5. The molecule has 2 rings (SSSR count). The largest absolute Gasteiger partial charge is 0.472 e. The zero-order valence-corrected chi connectivity index (χ0v) is 32.8. The van der Waals surface area contributed by atoms with Gasteiger partial charge >= 0.3 is 19.8 Å². The number of rotatable bonds is 34. The molecule has 2 aliphatic rings. The van der Waals surface area contributed by atoms with Gasteiger partial charge in [0.2, 0.25) is 0 Å². The van der Waals surface area contributed by atoms with Gasteiger partial charge in [0.25, 0.3) is 0 Å². The summed E-state index contributed by atoms with van der Waals surface area (Å²) in [7, 11) is 1.41. The Balaban J connectivity index is 1.69. The van der Waals surface area contributed by atoms with Crippen LogP contribution in [0.15, 0.2) is 20.5 Å². The second-order valence-corrected chi connectivity index (χ2v) is 16.7. The lowest BCUT2D eigenvalue weighted by Crippen LogP contribution is -2.37. The fourth-order valence-corrected chi connectivity index (χ4v) is 6.52. The lowest BCUT2D eigenvalue weighted by molar-refractivity contribution is -0.870. The number of nitrogens with zero attached hydrogens (tertiary/aromatic N) is 5. The Hall–Kier alpha value is -1.79. The Morgan fingerprint density at radius 1 is 0.640 bits per heavy atom. The highest BCUT2D eigenvalue weighted by atomic mass is 31.2. The van der Waals surface area contributed by atoms with Gasteiger partial charge in [0.15, 0.2) is 17.4 Å². The van der Waals surface area contributed by atoms with Crippen LogP contribution in [0.4, 0.5) is 0 Å². The second kappa shape index (κ2) is 23.7. The van der Waals surface area contributed by atoms with Crippen LogP contribution in [0, 0.1) is 0 Å². The first-order valence-corrected chi connectivity index (χ1v) is 21.0. The highest BCUT2D eigenvalue weighted by molar-refractivity contribution is 7.47. The lowest BCUT2D eigenvalue weighted by atomic mass is 9.94. The molecule has 0 aromatic heterocycles. The highest BCUT2D eigenvalue weighted by Crippen LogP contribution is 2.44. The molecular weight excluding hydrogens is 661 g/mol. The third-order valence-corrected chi connectivity index (χ3v) is 10.2. The smallest absolute Gasteiger partial charge is 0.462 e. The minimum Gasteiger partial charge on any atom is -0.462 e. The second-order valence-electron chi connectivity index (χ2n) is 15.2. The third kappa shape index (κ3) is 22.2. The molecule has 13 nitrogen and oxygen atoms in total. The first kappa shape index (κ1) is 44.4. The molecule has 14 heteroatoms. The summed E-state index contributed by atoms with van der Waals surface area (Å²) in [5, 5.41) is 17.1. The van der Waals surface area contributed by atoms with Crippen molar-refractivity contribution in [3.8, 4) is 0 Å². The summed E-state index contributed by atoms with van der Waals surface area (Å²) in [5.41, 5.74) is -0.518. The number of phosphoric ester groups is 1. The normalized spacial score (nSPS) is 17.3. The summed E-state index contributed by atoms with van der Waals surface area (Å²) in [5.74, 6) is -0.886. The minimum absolute atomic E-state index is 0.0140. The van der Waals surface area contributed by atoms with Gasteiger partial charge in [0.1, 0.15) is 19.8 Å². The van der Waals surface area contributed by atoms with Gasteiger partial charge in [-0.25, -0.2) is 4.57 Å². The van der Waals surface area contributed by atoms with E-state index in [4.69, 9.17) is 18.5 Å². The van der Waals surface area contributed by atoms with E-state index in [1.54, 1.807) is 0 Å². The zero-order chi connectivity index (χ0) is 36.8. The molecule has 2 atom stereocenters. The van der Waals surface area contributed by atoms with Crippen molar-refractivity contribution in [1.29, 1.82) is 0 Å². The van der Waals surface area contributed by atoms with E-state index in [-0.39, 0.29) is 37.4 Å². The van der Waals surface area contributed by atoms with Gasteiger partial charge in [0.05, 0.1) is 27.7 Å². The lowest BCUT2D eigenvalue weighted by Gasteiger charge is -2.24. The van der Waals surface area contributed by atoms with Crippen molar-refractivity contribution >= 4 is 19.8 Å². The molecule has 2 heterocycles. The van der Waals surface area contributed by atoms with Crippen LogP contribution in [-0.2, 0) is 32.7 Å². The summed E-state index contributed by atoms with van der Waals surface area (Å²) < 4.78 is 34.2. The summed E-state index contributed by atoms with van der Waals surface area (Å²) in [6.45, 7) is 4.21. The van der Waals surface area contributed by atoms with E-state index in [0.717, 1.165) is 70.6 Å². The van der Waals surface area contributed by atoms with Gasteiger partial charge in [-0.15, -0.1) is 0 Å². The number of phosphoric acid groups is 1. The van der Waals surface area contributed by atoms with E-state index in [2.05, 4.69) is 34.3 Å². The molecule has 1 N–H and O–H groups in total. The van der Waals surface area contributed by atoms with Crippen molar-refractivity contribution in [2.45, 2.75) is 173 Å². The standard InChI is InChI=1S/C36H68N5O8P/c1-6-8-10-11-12-13-14-15-16-17-18-22-33(42)46-30-32(31-48-50(44,45)47-29-28-41(3,4)5)49-34(43)23-19-20-25-36(39-40-36)27-21-26-35(37-38-35)24-9-7-2/h32H,6-31H2,1-5H3/p+1. The van der Waals surface area contributed by atoms with Gasteiger partial charge in [0, 0.05) is 12.8 Å². The van der Waals surface area contributed by atoms with Gasteiger partial charge in [-0.2, -0.15) is 20.5 Å². The summed E-state index contributed by atoms with van der Waals surface area (Å²) in [6.07, 6.45) is 20.5. The Kier molecular flexibility index (Phi) is 21.0. The zero-order valence-electron chi connectivity index (χ0n) is 32.0. The fraction of sp³-hybridized carbons (Fsp3) is 0.944. The molecule has 2 aliphatic heterocycles. The van der Waals surface area contributed by atoms with Crippen molar-refractivity contribution < 1.29 is 42.1 Å². The van der Waals surface area contributed by atoms with Crippen LogP contribution in [0.3, 0.4) is 0 Å². The van der Waals surface area contributed by atoms with Crippen molar-refractivity contribution in [2.24, 2.45) is 20.5 Å². The molecule has 0 amide bonds. The molecule has 0 radical (unpaired) electrons. The molecule has 0 bridgehead atoms. The number of likely N-dealkylation sites (N-methyl/N-ethyl adjacent to an activating group) is 1. The number of hydrogen-bond donors (Lipinski definition) is 1. The number of hydrogen-bond acceptors (Lipinski definition) is 11. The maximum absolute atomic E-state index is 12.8. The predicted molar refractivity (Wildman–Crippen MR) is 194 cm³/mol. The van der Waals surface area contributed by atoms with Gasteiger partial charge in [-0.1, -0.05) is 84.5 Å². The quantitative estimate of drug-likeness (QED) is 0.0297. The Labute approximate surface area is 301 Å². The molecule has 0 saturated heterocycles. The van der Waals surface area contributed by atoms with Crippen molar-refractivity contribution in [1.82, 2.24) is 0 Å².